The number of hydrogen-bond donors (Lipinski definition) is 0. The highest BCUT2D eigenvalue weighted by molar-refractivity contribution is 7.17. The topological polar surface area (TPSA) is 0 Å². The largest absolute Gasteiger partial charge is 0.134 e. The summed E-state index contributed by atoms with van der Waals surface area (Å²) in [7, 11) is 0. The summed E-state index contributed by atoms with van der Waals surface area (Å²) >= 11 is 1.82. The quantitative estimate of drug-likeness (QED) is 0.134. The van der Waals surface area contributed by atoms with Gasteiger partial charge in [-0.1, -0.05) is 157 Å². The predicted molar refractivity (Wildman–Crippen MR) is 203 cm³/mol. The molecule has 0 atom stereocenters. The average molecular weight is 613 g/mol. The van der Waals surface area contributed by atoms with Crippen molar-refractivity contribution in [3.05, 3.63) is 186 Å². The summed E-state index contributed by atoms with van der Waals surface area (Å²) in [5.74, 6) is 0. The highest BCUT2D eigenvalue weighted by Crippen LogP contribution is 2.47. The molecule has 1 heteroatoms. The second-order valence-corrected chi connectivity index (χ2v) is 12.9. The molecule has 0 N–H and O–H groups in total. The van der Waals surface area contributed by atoms with Crippen molar-refractivity contribution >= 4 is 49.2 Å². The number of allylic oxidation sites excluding steroid dienone is 4. The lowest BCUT2D eigenvalue weighted by atomic mass is 9.84. The molecule has 7 aromatic carbocycles. The number of rotatable bonds is 5. The summed E-state index contributed by atoms with van der Waals surface area (Å²) < 4.78 is 0. The van der Waals surface area contributed by atoms with Crippen LogP contribution in [0.4, 0.5) is 0 Å². The Labute approximate surface area is 278 Å². The van der Waals surface area contributed by atoms with Crippen molar-refractivity contribution in [1.82, 2.24) is 0 Å². The second kappa shape index (κ2) is 11.5. The van der Waals surface area contributed by atoms with Gasteiger partial charge in [0, 0.05) is 16.0 Å². The fraction of sp³-hybridized carbons (Fsp3) is 0. The van der Waals surface area contributed by atoms with E-state index in [2.05, 4.69) is 169 Å². The number of benzene rings is 7. The molecule has 0 amide bonds. The van der Waals surface area contributed by atoms with Crippen LogP contribution in [0.1, 0.15) is 4.88 Å². The van der Waals surface area contributed by atoms with E-state index in [0.29, 0.717) is 0 Å². The Morgan fingerprint density at radius 2 is 1.04 bits per heavy atom. The zero-order chi connectivity index (χ0) is 31.2. The third-order valence-electron chi connectivity index (χ3n) is 9.14. The second-order valence-electron chi connectivity index (χ2n) is 11.9. The van der Waals surface area contributed by atoms with E-state index in [1.807, 2.05) is 23.5 Å². The minimum atomic E-state index is 1.07. The van der Waals surface area contributed by atoms with Gasteiger partial charge < -0.3 is 0 Å². The van der Waals surface area contributed by atoms with E-state index >= 15 is 0 Å². The summed E-state index contributed by atoms with van der Waals surface area (Å²) in [6.07, 6.45) is 6.08. The summed E-state index contributed by atoms with van der Waals surface area (Å²) in [4.78, 5) is 2.45. The molecule has 0 saturated heterocycles. The van der Waals surface area contributed by atoms with E-state index < -0.39 is 0 Å². The van der Waals surface area contributed by atoms with Crippen LogP contribution in [0, 0.1) is 0 Å². The maximum Gasteiger partial charge on any atom is 0.0512 e. The van der Waals surface area contributed by atoms with Gasteiger partial charge in [0.1, 0.15) is 0 Å². The average Bonchev–Trinajstić information content (AvgIpc) is 3.60. The Balaban J connectivity index is 1.28. The van der Waals surface area contributed by atoms with E-state index in [0.717, 1.165) is 5.57 Å². The van der Waals surface area contributed by atoms with Crippen molar-refractivity contribution in [3.8, 4) is 43.8 Å². The molecule has 0 spiro atoms. The standard InChI is InChI=1S/C46H28S/c1-3-15-32(16-4-1)42-30-43(47-46(42)33-18-5-2-6-19-33)34-21-13-22-35(29-34)44-38-24-9-11-26-40(38)45(41-27-12-10-25-39(41)44)37-28-14-20-31-17-7-8-23-36(31)37/h1-5,7-18,20-30H. The first-order valence-corrected chi connectivity index (χ1v) is 16.8. The molecule has 1 heterocycles. The van der Waals surface area contributed by atoms with Crippen molar-refractivity contribution in [2.75, 3.05) is 0 Å². The van der Waals surface area contributed by atoms with Crippen molar-refractivity contribution in [2.24, 2.45) is 0 Å². The molecule has 218 valence electrons. The normalized spacial score (nSPS) is 12.3. The van der Waals surface area contributed by atoms with Crippen LogP contribution < -0.4 is 0 Å². The SMILES string of the molecule is C1=C=C(c2sc(-c3cccc(-c4c5ccccc5c(-c5cccc6ccccc56)c5ccccc45)c3)cc2-c2ccccc2)C=CC=1. The summed E-state index contributed by atoms with van der Waals surface area (Å²) in [6.45, 7) is 0. The molecule has 0 unspecified atom stereocenters. The van der Waals surface area contributed by atoms with Crippen LogP contribution in [0.3, 0.4) is 0 Å². The monoisotopic (exact) mass is 612 g/mol. The molecule has 1 aliphatic carbocycles. The predicted octanol–water partition coefficient (Wildman–Crippen LogP) is 13.1. The molecule has 0 saturated carbocycles. The summed E-state index contributed by atoms with van der Waals surface area (Å²) in [5.41, 5.74) is 16.3. The van der Waals surface area contributed by atoms with Gasteiger partial charge in [-0.3, -0.25) is 0 Å². The van der Waals surface area contributed by atoms with Gasteiger partial charge >= 0.3 is 0 Å². The first-order chi connectivity index (χ1) is 23.3. The summed E-state index contributed by atoms with van der Waals surface area (Å²) in [5, 5.41) is 7.59. The molecular weight excluding hydrogens is 585 g/mol. The van der Waals surface area contributed by atoms with Crippen LogP contribution in [0.15, 0.2) is 181 Å². The lowest BCUT2D eigenvalue weighted by Gasteiger charge is -2.19. The molecule has 0 bridgehead atoms. The Morgan fingerprint density at radius 1 is 0.447 bits per heavy atom. The van der Waals surface area contributed by atoms with Gasteiger partial charge in [-0.25, -0.2) is 0 Å². The first kappa shape index (κ1) is 27.4. The van der Waals surface area contributed by atoms with Gasteiger partial charge in [0.15, 0.2) is 0 Å². The minimum Gasteiger partial charge on any atom is -0.134 e. The van der Waals surface area contributed by atoms with Gasteiger partial charge in [0.05, 0.1) is 4.88 Å². The van der Waals surface area contributed by atoms with Gasteiger partial charge in [-0.2, -0.15) is 0 Å². The zero-order valence-electron chi connectivity index (χ0n) is 25.6. The number of hydrogen-bond acceptors (Lipinski definition) is 1. The lowest BCUT2D eigenvalue weighted by Crippen LogP contribution is -1.91. The Morgan fingerprint density at radius 3 is 1.77 bits per heavy atom. The van der Waals surface area contributed by atoms with Crippen LogP contribution in [0.5, 0.6) is 0 Å². The molecule has 0 radical (unpaired) electrons. The molecular formula is C46H28S. The maximum atomic E-state index is 3.35. The van der Waals surface area contributed by atoms with E-state index in [9.17, 15) is 0 Å². The fourth-order valence-electron chi connectivity index (χ4n) is 7.05. The molecule has 8 aromatic rings. The third-order valence-corrected chi connectivity index (χ3v) is 10.4. The van der Waals surface area contributed by atoms with E-state index in [-0.39, 0.29) is 0 Å². The number of fused-ring (bicyclic) bond motifs is 3. The Hall–Kier alpha value is -5.94. The summed E-state index contributed by atoms with van der Waals surface area (Å²) in [6, 6.07) is 55.3. The molecule has 9 rings (SSSR count). The van der Waals surface area contributed by atoms with E-state index in [1.165, 1.54) is 81.0 Å². The van der Waals surface area contributed by atoms with E-state index in [1.54, 1.807) is 0 Å². The molecule has 0 nitrogen and oxygen atoms in total. The maximum absolute atomic E-state index is 3.35. The molecule has 0 fully saturated rings. The molecule has 1 aromatic heterocycles. The van der Waals surface area contributed by atoms with Crippen LogP contribution in [0.25, 0.3) is 81.7 Å². The minimum absolute atomic E-state index is 1.07. The number of thiophene rings is 1. The zero-order valence-corrected chi connectivity index (χ0v) is 26.4. The van der Waals surface area contributed by atoms with Gasteiger partial charge in [0.25, 0.3) is 0 Å². The van der Waals surface area contributed by atoms with Crippen LogP contribution in [-0.2, 0) is 0 Å². The lowest BCUT2D eigenvalue weighted by molar-refractivity contribution is 1.64. The van der Waals surface area contributed by atoms with Crippen molar-refractivity contribution in [3.63, 3.8) is 0 Å². The van der Waals surface area contributed by atoms with Crippen molar-refractivity contribution in [1.29, 1.82) is 0 Å². The highest BCUT2D eigenvalue weighted by atomic mass is 32.1. The van der Waals surface area contributed by atoms with Gasteiger partial charge in [-0.05, 0) is 90.0 Å². The van der Waals surface area contributed by atoms with Crippen molar-refractivity contribution < 1.29 is 0 Å². The Kier molecular flexibility index (Phi) is 6.67. The van der Waals surface area contributed by atoms with Crippen LogP contribution >= 0.6 is 11.3 Å². The van der Waals surface area contributed by atoms with Gasteiger partial charge in [-0.15, -0.1) is 11.3 Å². The first-order valence-electron chi connectivity index (χ1n) is 15.9. The molecule has 0 aliphatic heterocycles. The van der Waals surface area contributed by atoms with Crippen molar-refractivity contribution in [2.45, 2.75) is 0 Å². The van der Waals surface area contributed by atoms with E-state index in [4.69, 9.17) is 0 Å². The molecule has 47 heavy (non-hydrogen) atoms. The smallest absolute Gasteiger partial charge is 0.0512 e. The van der Waals surface area contributed by atoms with Gasteiger partial charge in [0.2, 0.25) is 0 Å². The molecule has 1 aliphatic rings. The third kappa shape index (κ3) is 4.70. The fourth-order valence-corrected chi connectivity index (χ4v) is 8.21. The van der Waals surface area contributed by atoms with Crippen LogP contribution in [-0.4, -0.2) is 0 Å². The van der Waals surface area contributed by atoms with Crippen LogP contribution in [0.2, 0.25) is 0 Å². The highest BCUT2D eigenvalue weighted by Gasteiger charge is 2.19. The Bertz CT molecular complexity index is 2570.